The Kier molecular flexibility index (Phi) is 4.52. The van der Waals surface area contributed by atoms with Crippen molar-refractivity contribution < 1.29 is 17.2 Å². The molecule has 1 fully saturated rings. The Morgan fingerprint density at radius 1 is 1.04 bits per heavy atom. The second-order valence-corrected chi connectivity index (χ2v) is 8.98. The van der Waals surface area contributed by atoms with Crippen LogP contribution in [0.3, 0.4) is 0 Å². The molecule has 0 radical (unpaired) electrons. The Bertz CT molecular complexity index is 1100. The number of aryl methyl sites for hydroxylation is 1. The molecule has 142 valence electrons. The van der Waals surface area contributed by atoms with Crippen molar-refractivity contribution in [2.45, 2.75) is 30.6 Å². The first kappa shape index (κ1) is 18.1. The minimum absolute atomic E-state index is 0.126. The molecule has 0 atom stereocenters. The third-order valence-electron chi connectivity index (χ3n) is 5.26. The van der Waals surface area contributed by atoms with Crippen molar-refractivity contribution >= 4 is 20.9 Å². The van der Waals surface area contributed by atoms with Gasteiger partial charge in [0.2, 0.25) is 10.0 Å². The van der Waals surface area contributed by atoms with Crippen LogP contribution in [0.25, 0.3) is 10.9 Å². The zero-order valence-corrected chi connectivity index (χ0v) is 15.7. The molecular weight excluding hydrogens is 370 g/mol. The maximum atomic E-state index is 13.4. The first-order chi connectivity index (χ1) is 12.8. The number of aromatic nitrogens is 1. The SMILES string of the molecule is Cc1cc(S(=O)(=O)N2CCC(c3cc4cc(F)ccc4[nH]3)CC2)ccc1F. The number of fused-ring (bicyclic) bond motifs is 1. The molecule has 4 nitrogen and oxygen atoms in total. The summed E-state index contributed by atoms with van der Waals surface area (Å²) in [6.07, 6.45) is 1.35. The monoisotopic (exact) mass is 390 g/mol. The molecule has 0 amide bonds. The highest BCUT2D eigenvalue weighted by molar-refractivity contribution is 7.89. The van der Waals surface area contributed by atoms with Crippen LogP contribution < -0.4 is 0 Å². The molecule has 7 heteroatoms. The van der Waals surface area contributed by atoms with Gasteiger partial charge in [-0.2, -0.15) is 4.31 Å². The van der Waals surface area contributed by atoms with Crippen molar-refractivity contribution in [3.05, 3.63) is 65.4 Å². The van der Waals surface area contributed by atoms with E-state index in [2.05, 4.69) is 4.98 Å². The van der Waals surface area contributed by atoms with Gasteiger partial charge >= 0.3 is 0 Å². The van der Waals surface area contributed by atoms with Gasteiger partial charge in [-0.1, -0.05) is 0 Å². The van der Waals surface area contributed by atoms with Crippen molar-refractivity contribution in [1.82, 2.24) is 9.29 Å². The summed E-state index contributed by atoms with van der Waals surface area (Å²) in [5, 5.41) is 0.821. The van der Waals surface area contributed by atoms with E-state index in [0.29, 0.717) is 31.5 Å². The molecule has 1 aliphatic heterocycles. The molecule has 1 saturated heterocycles. The molecule has 3 aromatic rings. The Hall–Kier alpha value is -2.25. The fraction of sp³-hybridized carbons (Fsp3) is 0.300. The minimum atomic E-state index is -3.63. The summed E-state index contributed by atoms with van der Waals surface area (Å²) in [7, 11) is -3.63. The van der Waals surface area contributed by atoms with Crippen LogP contribution in [0.1, 0.15) is 30.0 Å². The van der Waals surface area contributed by atoms with Gasteiger partial charge in [0.1, 0.15) is 11.6 Å². The van der Waals surface area contributed by atoms with Crippen molar-refractivity contribution in [1.29, 1.82) is 0 Å². The van der Waals surface area contributed by atoms with Crippen LogP contribution in [0.4, 0.5) is 8.78 Å². The van der Waals surface area contributed by atoms with Gasteiger partial charge in [0.25, 0.3) is 0 Å². The summed E-state index contributed by atoms with van der Waals surface area (Å²) in [6.45, 7) is 2.35. The molecule has 1 aromatic heterocycles. The number of sulfonamides is 1. The van der Waals surface area contributed by atoms with Gasteiger partial charge < -0.3 is 4.98 Å². The highest BCUT2D eigenvalue weighted by Gasteiger charge is 2.30. The van der Waals surface area contributed by atoms with Gasteiger partial charge in [0.05, 0.1) is 4.90 Å². The van der Waals surface area contributed by atoms with E-state index in [1.54, 1.807) is 13.0 Å². The largest absolute Gasteiger partial charge is 0.358 e. The summed E-state index contributed by atoms with van der Waals surface area (Å²) < 4.78 is 53.9. The van der Waals surface area contributed by atoms with Crippen molar-refractivity contribution in [2.24, 2.45) is 0 Å². The van der Waals surface area contributed by atoms with Gasteiger partial charge in [0, 0.05) is 35.6 Å². The topological polar surface area (TPSA) is 53.2 Å². The fourth-order valence-corrected chi connectivity index (χ4v) is 5.24. The average Bonchev–Trinajstić information content (AvgIpc) is 3.07. The fourth-order valence-electron chi connectivity index (χ4n) is 3.68. The number of benzene rings is 2. The lowest BCUT2D eigenvalue weighted by Crippen LogP contribution is -2.38. The molecular formula is C20H20F2N2O2S. The summed E-state index contributed by atoms with van der Waals surface area (Å²) in [4.78, 5) is 3.44. The van der Waals surface area contributed by atoms with Gasteiger partial charge in [-0.3, -0.25) is 0 Å². The number of nitrogens with zero attached hydrogens (tertiary/aromatic N) is 1. The molecule has 2 aromatic carbocycles. The van der Waals surface area contributed by atoms with E-state index in [1.165, 1.54) is 34.6 Å². The Morgan fingerprint density at radius 3 is 2.48 bits per heavy atom. The lowest BCUT2D eigenvalue weighted by molar-refractivity contribution is 0.317. The minimum Gasteiger partial charge on any atom is -0.358 e. The van der Waals surface area contributed by atoms with Crippen LogP contribution in [0.2, 0.25) is 0 Å². The Morgan fingerprint density at radius 2 is 1.78 bits per heavy atom. The van der Waals surface area contributed by atoms with E-state index in [-0.39, 0.29) is 16.6 Å². The Balaban J connectivity index is 1.51. The van der Waals surface area contributed by atoms with E-state index in [1.807, 2.05) is 6.07 Å². The second kappa shape index (κ2) is 6.73. The maximum Gasteiger partial charge on any atom is 0.243 e. The number of halogens is 2. The van der Waals surface area contributed by atoms with Gasteiger partial charge in [0.15, 0.2) is 0 Å². The predicted octanol–water partition coefficient (Wildman–Crippen LogP) is 4.32. The average molecular weight is 390 g/mol. The number of aromatic amines is 1. The van der Waals surface area contributed by atoms with E-state index >= 15 is 0 Å². The Labute approximate surface area is 156 Å². The molecule has 1 aliphatic rings. The lowest BCUT2D eigenvalue weighted by atomic mass is 9.95. The molecule has 0 bridgehead atoms. The van der Waals surface area contributed by atoms with Crippen LogP contribution in [0, 0.1) is 18.6 Å². The first-order valence-electron chi connectivity index (χ1n) is 8.89. The number of hydrogen-bond acceptors (Lipinski definition) is 2. The number of nitrogens with one attached hydrogen (secondary N) is 1. The zero-order valence-electron chi connectivity index (χ0n) is 14.9. The highest BCUT2D eigenvalue weighted by Crippen LogP contribution is 2.32. The van der Waals surface area contributed by atoms with E-state index in [4.69, 9.17) is 0 Å². The molecule has 0 unspecified atom stereocenters. The molecule has 1 N–H and O–H groups in total. The zero-order chi connectivity index (χ0) is 19.2. The van der Waals surface area contributed by atoms with Crippen molar-refractivity contribution in [3.8, 4) is 0 Å². The van der Waals surface area contributed by atoms with Crippen molar-refractivity contribution in [3.63, 3.8) is 0 Å². The molecule has 4 rings (SSSR count). The van der Waals surface area contributed by atoms with Crippen LogP contribution in [-0.4, -0.2) is 30.8 Å². The second-order valence-electron chi connectivity index (χ2n) is 7.05. The summed E-state index contributed by atoms with van der Waals surface area (Å²) in [5.74, 6) is -0.492. The molecule has 2 heterocycles. The number of H-pyrrole nitrogens is 1. The molecule has 0 aliphatic carbocycles. The smallest absolute Gasteiger partial charge is 0.243 e. The van der Waals surface area contributed by atoms with E-state index in [0.717, 1.165) is 16.6 Å². The van der Waals surface area contributed by atoms with Gasteiger partial charge in [-0.25, -0.2) is 17.2 Å². The lowest BCUT2D eigenvalue weighted by Gasteiger charge is -2.31. The number of piperidine rings is 1. The van der Waals surface area contributed by atoms with Crippen LogP contribution in [0.5, 0.6) is 0 Å². The third kappa shape index (κ3) is 3.37. The summed E-state index contributed by atoms with van der Waals surface area (Å²) in [6, 6.07) is 10.5. The quantitative estimate of drug-likeness (QED) is 0.724. The summed E-state index contributed by atoms with van der Waals surface area (Å²) >= 11 is 0. The van der Waals surface area contributed by atoms with Crippen LogP contribution in [-0.2, 0) is 10.0 Å². The van der Waals surface area contributed by atoms with Crippen LogP contribution >= 0.6 is 0 Å². The molecule has 27 heavy (non-hydrogen) atoms. The van der Waals surface area contributed by atoms with Crippen molar-refractivity contribution in [2.75, 3.05) is 13.1 Å². The normalized spacial score (nSPS) is 16.9. The first-order valence-corrected chi connectivity index (χ1v) is 10.3. The van der Waals surface area contributed by atoms with E-state index < -0.39 is 15.8 Å². The number of rotatable bonds is 3. The number of hydrogen-bond donors (Lipinski definition) is 1. The van der Waals surface area contributed by atoms with Crippen LogP contribution in [0.15, 0.2) is 47.4 Å². The summed E-state index contributed by atoms with van der Waals surface area (Å²) in [5.41, 5.74) is 2.20. The molecule has 0 spiro atoms. The highest BCUT2D eigenvalue weighted by atomic mass is 32.2. The predicted molar refractivity (Wildman–Crippen MR) is 100 cm³/mol. The maximum absolute atomic E-state index is 13.4. The molecule has 0 saturated carbocycles. The van der Waals surface area contributed by atoms with Gasteiger partial charge in [-0.15, -0.1) is 0 Å². The van der Waals surface area contributed by atoms with Gasteiger partial charge in [-0.05, 0) is 67.8 Å². The third-order valence-corrected chi connectivity index (χ3v) is 7.16. The van der Waals surface area contributed by atoms with E-state index in [9.17, 15) is 17.2 Å². The standard InChI is InChI=1S/C20H20F2N2O2S/c1-13-10-17(3-4-18(13)22)27(25,26)24-8-6-14(7-9-24)20-12-15-11-16(21)2-5-19(15)23-20/h2-5,10-12,14,23H,6-9H2,1H3.